The van der Waals surface area contributed by atoms with Crippen LogP contribution in [0.25, 0.3) is 5.57 Å². The Morgan fingerprint density at radius 1 is 1.18 bits per heavy atom. The van der Waals surface area contributed by atoms with Crippen molar-refractivity contribution in [1.82, 2.24) is 9.80 Å². The summed E-state index contributed by atoms with van der Waals surface area (Å²) in [4.78, 5) is 29.9. The zero-order chi connectivity index (χ0) is 20.3. The van der Waals surface area contributed by atoms with E-state index in [0.29, 0.717) is 41.8 Å². The molecule has 2 heterocycles. The molecular weight excluding hydrogens is 376 g/mol. The van der Waals surface area contributed by atoms with Gasteiger partial charge in [-0.2, -0.15) is 0 Å². The van der Waals surface area contributed by atoms with Crippen molar-refractivity contribution in [3.8, 4) is 0 Å². The third kappa shape index (κ3) is 4.58. The van der Waals surface area contributed by atoms with E-state index in [0.717, 1.165) is 31.5 Å². The molecule has 0 bridgehead atoms. The predicted molar refractivity (Wildman–Crippen MR) is 111 cm³/mol. The Bertz CT molecular complexity index is 758. The number of piperidine rings is 1. The van der Waals surface area contributed by atoms with Gasteiger partial charge >= 0.3 is 0 Å². The molecule has 3 rings (SSSR count). The number of imide groups is 1. The molecule has 1 unspecified atom stereocenters. The molecule has 1 fully saturated rings. The van der Waals surface area contributed by atoms with Gasteiger partial charge < -0.3 is 9.64 Å². The lowest BCUT2D eigenvalue weighted by Crippen LogP contribution is -2.39. The molecule has 0 spiro atoms. The lowest BCUT2D eigenvalue weighted by molar-refractivity contribution is -0.137. The Morgan fingerprint density at radius 2 is 1.89 bits per heavy atom. The quantitative estimate of drug-likeness (QED) is 0.509. The molecule has 1 aromatic carbocycles. The number of nitrogens with zero attached hydrogens (tertiary/aromatic N) is 2. The first kappa shape index (κ1) is 20.9. The van der Waals surface area contributed by atoms with Gasteiger partial charge in [-0.3, -0.25) is 14.5 Å². The second-order valence-corrected chi connectivity index (χ2v) is 8.40. The van der Waals surface area contributed by atoms with Gasteiger partial charge in [0.25, 0.3) is 11.8 Å². The Morgan fingerprint density at radius 3 is 2.54 bits per heavy atom. The molecule has 28 heavy (non-hydrogen) atoms. The number of hydrogen-bond acceptors (Lipinski definition) is 4. The standard InChI is InChI=1S/C22H29ClN2O3/c1-15(2)28-13-5-12-25-21(26)19(17-7-9-18(23)10-8-17)20(22(25)27)24-11-4-6-16(3)14-24/h7-10,15-16H,4-6,11-14H2,1-3H3. The number of carbonyl (C=O) groups excluding carboxylic acids is 2. The van der Waals surface area contributed by atoms with Gasteiger partial charge in [-0.15, -0.1) is 0 Å². The molecule has 2 aliphatic rings. The number of carbonyl (C=O) groups is 2. The minimum Gasteiger partial charge on any atom is -0.379 e. The molecule has 2 amide bonds. The smallest absolute Gasteiger partial charge is 0.277 e. The van der Waals surface area contributed by atoms with E-state index in [2.05, 4.69) is 11.8 Å². The molecule has 6 heteroatoms. The fourth-order valence-electron chi connectivity index (χ4n) is 3.87. The molecule has 0 aliphatic carbocycles. The van der Waals surface area contributed by atoms with Crippen LogP contribution in [0.2, 0.25) is 5.02 Å². The van der Waals surface area contributed by atoms with Gasteiger partial charge in [0.2, 0.25) is 0 Å². The average molecular weight is 405 g/mol. The summed E-state index contributed by atoms with van der Waals surface area (Å²) in [7, 11) is 0. The summed E-state index contributed by atoms with van der Waals surface area (Å²) in [6.45, 7) is 8.65. The second-order valence-electron chi connectivity index (χ2n) is 7.96. The molecule has 0 N–H and O–H groups in total. The molecular formula is C22H29ClN2O3. The lowest BCUT2D eigenvalue weighted by Gasteiger charge is -2.33. The van der Waals surface area contributed by atoms with E-state index in [4.69, 9.17) is 16.3 Å². The van der Waals surface area contributed by atoms with E-state index in [9.17, 15) is 9.59 Å². The minimum absolute atomic E-state index is 0.137. The summed E-state index contributed by atoms with van der Waals surface area (Å²) < 4.78 is 5.57. The first-order valence-electron chi connectivity index (χ1n) is 10.1. The highest BCUT2D eigenvalue weighted by Crippen LogP contribution is 2.34. The molecule has 0 aromatic heterocycles. The van der Waals surface area contributed by atoms with Gasteiger partial charge in [0, 0.05) is 31.3 Å². The van der Waals surface area contributed by atoms with Crippen molar-refractivity contribution in [3.05, 3.63) is 40.5 Å². The molecule has 1 atom stereocenters. The summed E-state index contributed by atoms with van der Waals surface area (Å²) >= 11 is 6.02. The van der Waals surface area contributed by atoms with E-state index >= 15 is 0 Å². The van der Waals surface area contributed by atoms with Crippen LogP contribution in [0, 0.1) is 5.92 Å². The van der Waals surface area contributed by atoms with Crippen molar-refractivity contribution in [3.63, 3.8) is 0 Å². The zero-order valence-electron chi connectivity index (χ0n) is 16.9. The summed E-state index contributed by atoms with van der Waals surface area (Å²) in [5, 5.41) is 0.608. The van der Waals surface area contributed by atoms with Crippen molar-refractivity contribution in [2.24, 2.45) is 5.92 Å². The van der Waals surface area contributed by atoms with Crippen LogP contribution in [0.4, 0.5) is 0 Å². The van der Waals surface area contributed by atoms with E-state index in [1.807, 2.05) is 26.0 Å². The van der Waals surface area contributed by atoms with Crippen molar-refractivity contribution < 1.29 is 14.3 Å². The van der Waals surface area contributed by atoms with Crippen LogP contribution in [-0.2, 0) is 14.3 Å². The lowest BCUT2D eigenvalue weighted by atomic mass is 9.98. The van der Waals surface area contributed by atoms with E-state index in [-0.39, 0.29) is 17.9 Å². The number of amides is 2. The Kier molecular flexibility index (Phi) is 6.78. The van der Waals surface area contributed by atoms with Gasteiger partial charge in [0.1, 0.15) is 5.70 Å². The van der Waals surface area contributed by atoms with Crippen LogP contribution in [0.1, 0.15) is 45.6 Å². The van der Waals surface area contributed by atoms with Crippen molar-refractivity contribution in [2.75, 3.05) is 26.2 Å². The first-order chi connectivity index (χ1) is 13.4. The largest absolute Gasteiger partial charge is 0.379 e. The van der Waals surface area contributed by atoms with Gasteiger partial charge in [-0.05, 0) is 56.7 Å². The number of benzene rings is 1. The highest BCUT2D eigenvalue weighted by molar-refractivity contribution is 6.36. The maximum absolute atomic E-state index is 13.2. The fraction of sp³-hybridized carbons (Fsp3) is 0.545. The molecule has 1 aromatic rings. The van der Waals surface area contributed by atoms with E-state index in [1.54, 1.807) is 12.1 Å². The van der Waals surface area contributed by atoms with Crippen molar-refractivity contribution >= 4 is 29.0 Å². The third-order valence-electron chi connectivity index (χ3n) is 5.23. The van der Waals surface area contributed by atoms with Gasteiger partial charge in [0.15, 0.2) is 0 Å². The normalized spacial score (nSPS) is 20.7. The maximum atomic E-state index is 13.2. The summed E-state index contributed by atoms with van der Waals surface area (Å²) in [5.41, 5.74) is 1.79. The summed E-state index contributed by atoms with van der Waals surface area (Å²) in [5.74, 6) is 0.0998. The number of likely N-dealkylation sites (tertiary alicyclic amines) is 1. The third-order valence-corrected chi connectivity index (χ3v) is 5.48. The molecule has 2 aliphatic heterocycles. The average Bonchev–Trinajstić information content (AvgIpc) is 2.90. The van der Waals surface area contributed by atoms with Crippen LogP contribution in [-0.4, -0.2) is 54.0 Å². The number of hydrogen-bond donors (Lipinski definition) is 0. The van der Waals surface area contributed by atoms with Crippen molar-refractivity contribution in [2.45, 2.75) is 46.1 Å². The molecule has 0 saturated carbocycles. The minimum atomic E-state index is -0.218. The molecule has 1 saturated heterocycles. The highest BCUT2D eigenvalue weighted by atomic mass is 35.5. The maximum Gasteiger partial charge on any atom is 0.277 e. The first-order valence-corrected chi connectivity index (χ1v) is 10.5. The van der Waals surface area contributed by atoms with Crippen LogP contribution in [0.3, 0.4) is 0 Å². The van der Waals surface area contributed by atoms with E-state index in [1.165, 1.54) is 4.90 Å². The number of halogens is 1. The predicted octanol–water partition coefficient (Wildman–Crippen LogP) is 3.97. The second kappa shape index (κ2) is 9.10. The fourth-order valence-corrected chi connectivity index (χ4v) is 4.00. The molecule has 152 valence electrons. The zero-order valence-corrected chi connectivity index (χ0v) is 17.7. The Labute approximate surface area is 172 Å². The molecule has 5 nitrogen and oxygen atoms in total. The topological polar surface area (TPSA) is 49.9 Å². The summed E-state index contributed by atoms with van der Waals surface area (Å²) in [6.07, 6.45) is 2.95. The van der Waals surface area contributed by atoms with E-state index < -0.39 is 0 Å². The van der Waals surface area contributed by atoms with Gasteiger partial charge in [0.05, 0.1) is 11.7 Å². The van der Waals surface area contributed by atoms with Crippen LogP contribution >= 0.6 is 11.6 Å². The summed E-state index contributed by atoms with van der Waals surface area (Å²) in [6, 6.07) is 7.16. The molecule has 0 radical (unpaired) electrons. The van der Waals surface area contributed by atoms with Gasteiger partial charge in [-0.1, -0.05) is 30.7 Å². The van der Waals surface area contributed by atoms with Crippen molar-refractivity contribution in [1.29, 1.82) is 0 Å². The SMILES string of the molecule is CC1CCCN(C2=C(c3ccc(Cl)cc3)C(=O)N(CCCOC(C)C)C2=O)C1. The van der Waals surface area contributed by atoms with Gasteiger partial charge in [-0.25, -0.2) is 0 Å². The Balaban J connectivity index is 1.88. The van der Waals surface area contributed by atoms with Crippen LogP contribution < -0.4 is 0 Å². The highest BCUT2D eigenvalue weighted by Gasteiger charge is 2.41. The Hall–Kier alpha value is -1.85. The monoisotopic (exact) mass is 404 g/mol. The number of rotatable bonds is 7. The van der Waals surface area contributed by atoms with Crippen LogP contribution in [0.15, 0.2) is 30.0 Å². The van der Waals surface area contributed by atoms with Crippen LogP contribution in [0.5, 0.6) is 0 Å². The number of ether oxygens (including phenoxy) is 1.